The largest absolute Gasteiger partial charge is 0.480 e. The summed E-state index contributed by atoms with van der Waals surface area (Å²) in [6.45, 7) is 4.57. The van der Waals surface area contributed by atoms with E-state index in [0.29, 0.717) is 12.3 Å². The molecule has 2 amide bonds. The standard InChI is InChI=1S/C19H25N3O4/c1-3-22(11-18(23)24)15-9-14(10-15)21-19(25)20-12(2)17-8-13-6-4-5-7-16(13)26-17/h4-8,12,14-15H,3,9-11H2,1-2H3,(H,23,24)(H2,20,21,25)/t12-,14?,15?/m0/s1. The van der Waals surface area contributed by atoms with E-state index >= 15 is 0 Å². The summed E-state index contributed by atoms with van der Waals surface area (Å²) in [5, 5.41) is 15.8. The Labute approximate surface area is 152 Å². The van der Waals surface area contributed by atoms with Gasteiger partial charge in [-0.1, -0.05) is 25.1 Å². The van der Waals surface area contributed by atoms with E-state index in [1.54, 1.807) is 0 Å². The summed E-state index contributed by atoms with van der Waals surface area (Å²) in [6.07, 6.45) is 1.54. The summed E-state index contributed by atoms with van der Waals surface area (Å²) >= 11 is 0. The van der Waals surface area contributed by atoms with Crippen LogP contribution < -0.4 is 10.6 Å². The summed E-state index contributed by atoms with van der Waals surface area (Å²) < 4.78 is 5.77. The lowest BCUT2D eigenvalue weighted by Gasteiger charge is -2.42. The molecule has 7 nitrogen and oxygen atoms in total. The van der Waals surface area contributed by atoms with Crippen LogP contribution in [0, 0.1) is 0 Å². The molecule has 0 unspecified atom stereocenters. The van der Waals surface area contributed by atoms with Gasteiger partial charge < -0.3 is 20.2 Å². The van der Waals surface area contributed by atoms with Gasteiger partial charge >= 0.3 is 12.0 Å². The number of urea groups is 1. The molecule has 0 saturated heterocycles. The Bertz CT molecular complexity index is 749. The van der Waals surface area contributed by atoms with Crippen molar-refractivity contribution >= 4 is 23.0 Å². The van der Waals surface area contributed by atoms with Crippen LogP contribution in [0.4, 0.5) is 4.79 Å². The summed E-state index contributed by atoms with van der Waals surface area (Å²) in [6, 6.07) is 9.49. The highest BCUT2D eigenvalue weighted by Gasteiger charge is 2.34. The highest BCUT2D eigenvalue weighted by atomic mass is 16.4. The van der Waals surface area contributed by atoms with Crippen molar-refractivity contribution in [3.05, 3.63) is 36.1 Å². The fourth-order valence-corrected chi connectivity index (χ4v) is 3.39. The zero-order valence-electron chi connectivity index (χ0n) is 15.1. The van der Waals surface area contributed by atoms with Crippen molar-refractivity contribution in [3.8, 4) is 0 Å². The first-order chi connectivity index (χ1) is 12.5. The van der Waals surface area contributed by atoms with Gasteiger partial charge in [-0.15, -0.1) is 0 Å². The van der Waals surface area contributed by atoms with Crippen LogP contribution in [0.3, 0.4) is 0 Å². The number of carbonyl (C=O) groups excluding carboxylic acids is 1. The third kappa shape index (κ3) is 4.16. The smallest absolute Gasteiger partial charge is 0.317 e. The van der Waals surface area contributed by atoms with Gasteiger partial charge in [0.2, 0.25) is 0 Å². The van der Waals surface area contributed by atoms with E-state index in [0.717, 1.165) is 23.8 Å². The topological polar surface area (TPSA) is 94.8 Å². The summed E-state index contributed by atoms with van der Waals surface area (Å²) in [5.74, 6) is -0.105. The Morgan fingerprint density at radius 3 is 2.73 bits per heavy atom. The van der Waals surface area contributed by atoms with Crippen molar-refractivity contribution in [3.63, 3.8) is 0 Å². The number of carbonyl (C=O) groups is 2. The summed E-state index contributed by atoms with van der Waals surface area (Å²) in [4.78, 5) is 25.0. The zero-order valence-corrected chi connectivity index (χ0v) is 15.1. The molecule has 0 aliphatic heterocycles. The number of furan rings is 1. The molecule has 3 N–H and O–H groups in total. The summed E-state index contributed by atoms with van der Waals surface area (Å²) in [5.41, 5.74) is 0.802. The van der Waals surface area contributed by atoms with Crippen LogP contribution in [0.2, 0.25) is 0 Å². The van der Waals surface area contributed by atoms with Crippen LogP contribution in [-0.4, -0.2) is 47.2 Å². The van der Waals surface area contributed by atoms with Gasteiger partial charge in [0, 0.05) is 17.5 Å². The first kappa shape index (κ1) is 18.3. The molecule has 1 aromatic heterocycles. The lowest BCUT2D eigenvalue weighted by Crippen LogP contribution is -2.56. The number of nitrogens with zero attached hydrogens (tertiary/aromatic N) is 1. The number of hydrogen-bond acceptors (Lipinski definition) is 4. The van der Waals surface area contributed by atoms with Crippen molar-refractivity contribution in [2.75, 3.05) is 13.1 Å². The second kappa shape index (κ2) is 7.78. The number of carboxylic acids is 1. The molecule has 0 bridgehead atoms. The monoisotopic (exact) mass is 359 g/mol. The number of benzene rings is 1. The third-order valence-electron chi connectivity index (χ3n) is 4.93. The number of rotatable bonds is 7. The lowest BCUT2D eigenvalue weighted by molar-refractivity contribution is -0.139. The lowest BCUT2D eigenvalue weighted by atomic mass is 9.85. The molecule has 1 fully saturated rings. The predicted molar refractivity (Wildman–Crippen MR) is 98.0 cm³/mol. The fourth-order valence-electron chi connectivity index (χ4n) is 3.39. The van der Waals surface area contributed by atoms with Gasteiger partial charge in [0.05, 0.1) is 12.6 Å². The Kier molecular flexibility index (Phi) is 5.46. The fraction of sp³-hybridized carbons (Fsp3) is 0.474. The highest BCUT2D eigenvalue weighted by molar-refractivity contribution is 5.78. The number of carboxylic acid groups (broad SMARTS) is 1. The molecule has 3 rings (SSSR count). The number of hydrogen-bond donors (Lipinski definition) is 3. The first-order valence-corrected chi connectivity index (χ1v) is 8.97. The normalized spacial score (nSPS) is 20.6. The maximum Gasteiger partial charge on any atom is 0.317 e. The number of nitrogens with one attached hydrogen (secondary N) is 2. The minimum atomic E-state index is -0.819. The minimum Gasteiger partial charge on any atom is -0.480 e. The van der Waals surface area contributed by atoms with Crippen LogP contribution >= 0.6 is 0 Å². The van der Waals surface area contributed by atoms with Crippen molar-refractivity contribution in [2.24, 2.45) is 0 Å². The van der Waals surface area contributed by atoms with Gasteiger partial charge in [-0.3, -0.25) is 9.69 Å². The van der Waals surface area contributed by atoms with E-state index in [4.69, 9.17) is 9.52 Å². The average molecular weight is 359 g/mol. The molecule has 1 aromatic carbocycles. The van der Waals surface area contributed by atoms with E-state index < -0.39 is 5.97 Å². The van der Waals surface area contributed by atoms with E-state index in [1.807, 2.05) is 49.1 Å². The van der Waals surface area contributed by atoms with E-state index in [2.05, 4.69) is 10.6 Å². The van der Waals surface area contributed by atoms with Gasteiger partial charge in [-0.25, -0.2) is 4.79 Å². The van der Waals surface area contributed by atoms with Gasteiger partial charge in [0.15, 0.2) is 0 Å². The Hall–Kier alpha value is -2.54. The Morgan fingerprint density at radius 2 is 2.08 bits per heavy atom. The van der Waals surface area contributed by atoms with Gasteiger partial charge in [-0.05, 0) is 38.4 Å². The zero-order chi connectivity index (χ0) is 18.7. The van der Waals surface area contributed by atoms with Crippen LogP contribution in [-0.2, 0) is 4.79 Å². The van der Waals surface area contributed by atoms with Crippen molar-refractivity contribution in [1.29, 1.82) is 0 Å². The van der Waals surface area contributed by atoms with Crippen molar-refractivity contribution in [1.82, 2.24) is 15.5 Å². The first-order valence-electron chi connectivity index (χ1n) is 8.97. The van der Waals surface area contributed by atoms with E-state index in [1.165, 1.54) is 0 Å². The molecule has 0 radical (unpaired) electrons. The number of amides is 2. The Morgan fingerprint density at radius 1 is 1.35 bits per heavy atom. The SMILES string of the molecule is CCN(CC(=O)O)C1CC(NC(=O)N[C@@H](C)c2cc3ccccc3o2)C1. The van der Waals surface area contributed by atoms with Crippen molar-refractivity contribution in [2.45, 2.75) is 44.8 Å². The van der Waals surface area contributed by atoms with Gasteiger partial charge in [0.25, 0.3) is 0 Å². The molecular weight excluding hydrogens is 334 g/mol. The molecule has 1 aliphatic rings. The number of para-hydroxylation sites is 1. The number of fused-ring (bicyclic) bond motifs is 1. The van der Waals surface area contributed by atoms with Crippen LogP contribution in [0.5, 0.6) is 0 Å². The molecule has 26 heavy (non-hydrogen) atoms. The van der Waals surface area contributed by atoms with Crippen LogP contribution in [0.1, 0.15) is 38.5 Å². The number of aliphatic carboxylic acids is 1. The molecular formula is C19H25N3O4. The van der Waals surface area contributed by atoms with Gasteiger partial charge in [-0.2, -0.15) is 0 Å². The highest BCUT2D eigenvalue weighted by Crippen LogP contribution is 2.26. The predicted octanol–water partition coefficient (Wildman–Crippen LogP) is 2.73. The van der Waals surface area contributed by atoms with Crippen LogP contribution in [0.25, 0.3) is 11.0 Å². The van der Waals surface area contributed by atoms with E-state index in [9.17, 15) is 9.59 Å². The second-order valence-electron chi connectivity index (χ2n) is 6.81. The minimum absolute atomic E-state index is 0.0448. The van der Waals surface area contributed by atoms with Gasteiger partial charge in [0.1, 0.15) is 11.3 Å². The third-order valence-corrected chi connectivity index (χ3v) is 4.93. The second-order valence-corrected chi connectivity index (χ2v) is 6.81. The van der Waals surface area contributed by atoms with E-state index in [-0.39, 0.29) is 30.7 Å². The van der Waals surface area contributed by atoms with Crippen LogP contribution in [0.15, 0.2) is 34.7 Å². The Balaban J connectivity index is 1.46. The molecule has 1 aliphatic carbocycles. The molecule has 140 valence electrons. The molecule has 7 heteroatoms. The number of likely N-dealkylation sites (N-methyl/N-ethyl adjacent to an activating group) is 1. The molecule has 1 atom stereocenters. The molecule has 1 saturated carbocycles. The molecule has 0 spiro atoms. The molecule has 2 aromatic rings. The van der Waals surface area contributed by atoms with Crippen molar-refractivity contribution < 1.29 is 19.1 Å². The quantitative estimate of drug-likeness (QED) is 0.707. The maximum absolute atomic E-state index is 12.2. The molecule has 1 heterocycles. The average Bonchev–Trinajstić information content (AvgIpc) is 3.00. The maximum atomic E-state index is 12.2. The summed E-state index contributed by atoms with van der Waals surface area (Å²) in [7, 11) is 0.